The van der Waals surface area contributed by atoms with Crippen LogP contribution in [0.25, 0.3) is 0 Å². The first-order chi connectivity index (χ1) is 7.65. The van der Waals surface area contributed by atoms with E-state index in [0.29, 0.717) is 24.6 Å². The van der Waals surface area contributed by atoms with Gasteiger partial charge in [-0.3, -0.25) is 4.90 Å². The molecule has 1 heterocycles. The second-order valence-electron chi connectivity index (χ2n) is 3.65. The lowest BCUT2D eigenvalue weighted by Crippen LogP contribution is -2.29. The molecule has 3 nitrogen and oxygen atoms in total. The minimum absolute atomic E-state index is 0.164. The van der Waals surface area contributed by atoms with Gasteiger partial charge in [-0.2, -0.15) is 0 Å². The zero-order valence-electron chi connectivity index (χ0n) is 9.33. The zero-order chi connectivity index (χ0) is 12.0. The quantitative estimate of drug-likeness (QED) is 0.784. The summed E-state index contributed by atoms with van der Waals surface area (Å²) in [4.78, 5) is 1.64. The maximum absolute atomic E-state index is 12.3. The Morgan fingerprint density at radius 3 is 2.56 bits per heavy atom. The van der Waals surface area contributed by atoms with Crippen molar-refractivity contribution in [2.75, 3.05) is 13.1 Å². The molecule has 0 aliphatic rings. The van der Waals surface area contributed by atoms with Gasteiger partial charge in [0.15, 0.2) is 0 Å². The Morgan fingerprint density at radius 1 is 1.38 bits per heavy atom. The van der Waals surface area contributed by atoms with Gasteiger partial charge < -0.3 is 9.52 Å². The van der Waals surface area contributed by atoms with E-state index in [4.69, 9.17) is 9.52 Å². The first-order valence-electron chi connectivity index (χ1n) is 5.34. The van der Waals surface area contributed by atoms with Gasteiger partial charge in [0, 0.05) is 0 Å². The minimum atomic E-state index is -2.33. The standard InChI is InChI=1S/C11H17F2NO2/c1-2-5-14(7-11(12)13)6-9-3-4-10(8-15)16-9/h3-4,11,15H,2,5-8H2,1H3. The summed E-state index contributed by atoms with van der Waals surface area (Å²) in [6, 6.07) is 3.36. The molecule has 0 fully saturated rings. The van der Waals surface area contributed by atoms with Gasteiger partial charge in [-0.25, -0.2) is 8.78 Å². The van der Waals surface area contributed by atoms with E-state index in [1.165, 1.54) is 0 Å². The Kier molecular flexibility index (Phi) is 5.42. The van der Waals surface area contributed by atoms with Gasteiger partial charge in [0.25, 0.3) is 6.43 Å². The van der Waals surface area contributed by atoms with E-state index < -0.39 is 6.43 Å². The number of nitrogens with zero attached hydrogens (tertiary/aromatic N) is 1. The van der Waals surface area contributed by atoms with Crippen molar-refractivity contribution in [2.24, 2.45) is 0 Å². The van der Waals surface area contributed by atoms with E-state index in [2.05, 4.69) is 0 Å². The Morgan fingerprint density at radius 2 is 2.06 bits per heavy atom. The van der Waals surface area contributed by atoms with Gasteiger partial charge in [-0.15, -0.1) is 0 Å². The largest absolute Gasteiger partial charge is 0.462 e. The third-order valence-corrected chi connectivity index (χ3v) is 2.19. The molecule has 1 aromatic heterocycles. The molecular weight excluding hydrogens is 216 g/mol. The Balaban J connectivity index is 2.52. The van der Waals surface area contributed by atoms with Crippen LogP contribution in [0.4, 0.5) is 8.78 Å². The van der Waals surface area contributed by atoms with Gasteiger partial charge in [0.2, 0.25) is 0 Å². The molecule has 0 atom stereocenters. The average molecular weight is 233 g/mol. The topological polar surface area (TPSA) is 36.6 Å². The molecule has 0 unspecified atom stereocenters. The third-order valence-electron chi connectivity index (χ3n) is 2.19. The molecule has 16 heavy (non-hydrogen) atoms. The highest BCUT2D eigenvalue weighted by molar-refractivity contribution is 5.06. The molecular formula is C11H17F2NO2. The molecule has 0 spiro atoms. The van der Waals surface area contributed by atoms with Gasteiger partial charge >= 0.3 is 0 Å². The SMILES string of the molecule is CCCN(Cc1ccc(CO)o1)CC(F)F. The van der Waals surface area contributed by atoms with Crippen LogP contribution in [-0.4, -0.2) is 29.5 Å². The predicted octanol–water partition coefficient (Wildman–Crippen LogP) is 2.25. The zero-order valence-corrected chi connectivity index (χ0v) is 9.33. The van der Waals surface area contributed by atoms with Crippen LogP contribution < -0.4 is 0 Å². The number of hydrogen-bond donors (Lipinski definition) is 1. The Bertz CT molecular complexity index is 302. The summed E-state index contributed by atoms with van der Waals surface area (Å²) in [6.07, 6.45) is -1.51. The second kappa shape index (κ2) is 6.60. The van der Waals surface area contributed by atoms with Gasteiger partial charge in [0.05, 0.1) is 13.1 Å². The lowest BCUT2D eigenvalue weighted by Gasteiger charge is -2.19. The molecule has 0 aliphatic carbocycles. The van der Waals surface area contributed by atoms with Crippen molar-refractivity contribution in [1.29, 1.82) is 0 Å². The average Bonchev–Trinajstić information content (AvgIpc) is 2.65. The lowest BCUT2D eigenvalue weighted by molar-refractivity contribution is 0.0807. The van der Waals surface area contributed by atoms with Crippen molar-refractivity contribution in [2.45, 2.75) is 32.9 Å². The fourth-order valence-corrected chi connectivity index (χ4v) is 1.56. The first kappa shape index (κ1) is 13.1. The maximum atomic E-state index is 12.3. The summed E-state index contributed by atoms with van der Waals surface area (Å²) >= 11 is 0. The van der Waals surface area contributed by atoms with E-state index in [-0.39, 0.29) is 13.2 Å². The molecule has 0 radical (unpaired) electrons. The number of halogens is 2. The number of alkyl halides is 2. The van der Waals surface area contributed by atoms with Crippen LogP contribution in [0, 0.1) is 0 Å². The Hall–Kier alpha value is -0.940. The summed E-state index contributed by atoms with van der Waals surface area (Å²) in [5.41, 5.74) is 0. The predicted molar refractivity (Wildman–Crippen MR) is 56.2 cm³/mol. The summed E-state index contributed by atoms with van der Waals surface area (Å²) < 4.78 is 29.8. The van der Waals surface area contributed by atoms with E-state index in [1.807, 2.05) is 6.92 Å². The lowest BCUT2D eigenvalue weighted by atomic mass is 10.3. The van der Waals surface area contributed by atoms with Crippen molar-refractivity contribution >= 4 is 0 Å². The second-order valence-corrected chi connectivity index (χ2v) is 3.65. The summed E-state index contributed by atoms with van der Waals surface area (Å²) in [5, 5.41) is 8.81. The normalized spacial score (nSPS) is 11.6. The van der Waals surface area contributed by atoms with E-state index in [9.17, 15) is 8.78 Å². The molecule has 0 saturated heterocycles. The van der Waals surface area contributed by atoms with Crippen molar-refractivity contribution in [3.05, 3.63) is 23.7 Å². The van der Waals surface area contributed by atoms with Crippen molar-refractivity contribution in [3.8, 4) is 0 Å². The summed E-state index contributed by atoms with van der Waals surface area (Å²) in [6.45, 7) is 2.50. The number of rotatable bonds is 7. The van der Waals surface area contributed by atoms with Gasteiger partial charge in [-0.05, 0) is 25.1 Å². The van der Waals surface area contributed by atoms with Crippen LogP contribution in [0.15, 0.2) is 16.5 Å². The molecule has 0 amide bonds. The molecule has 0 bridgehead atoms. The van der Waals surface area contributed by atoms with Crippen LogP contribution in [0.2, 0.25) is 0 Å². The number of aliphatic hydroxyl groups excluding tert-OH is 1. The van der Waals surface area contributed by atoms with Crippen molar-refractivity contribution in [1.82, 2.24) is 4.90 Å². The van der Waals surface area contributed by atoms with Crippen LogP contribution in [0.3, 0.4) is 0 Å². The molecule has 1 rings (SSSR count). The fourth-order valence-electron chi connectivity index (χ4n) is 1.56. The smallest absolute Gasteiger partial charge is 0.251 e. The number of aliphatic hydroxyl groups is 1. The van der Waals surface area contributed by atoms with E-state index >= 15 is 0 Å². The van der Waals surface area contributed by atoms with Crippen LogP contribution in [-0.2, 0) is 13.2 Å². The number of furan rings is 1. The third kappa shape index (κ3) is 4.28. The van der Waals surface area contributed by atoms with E-state index in [1.54, 1.807) is 17.0 Å². The molecule has 0 saturated carbocycles. The highest BCUT2D eigenvalue weighted by Crippen LogP contribution is 2.12. The maximum Gasteiger partial charge on any atom is 0.251 e. The van der Waals surface area contributed by atoms with Crippen LogP contribution in [0.5, 0.6) is 0 Å². The minimum Gasteiger partial charge on any atom is -0.462 e. The first-order valence-corrected chi connectivity index (χ1v) is 5.34. The van der Waals surface area contributed by atoms with Gasteiger partial charge in [0.1, 0.15) is 18.1 Å². The highest BCUT2D eigenvalue weighted by atomic mass is 19.3. The van der Waals surface area contributed by atoms with Crippen molar-refractivity contribution in [3.63, 3.8) is 0 Å². The fraction of sp³-hybridized carbons (Fsp3) is 0.636. The molecule has 1 aromatic rings. The number of hydrogen-bond acceptors (Lipinski definition) is 3. The Labute approximate surface area is 93.7 Å². The molecule has 5 heteroatoms. The molecule has 0 aliphatic heterocycles. The molecule has 1 N–H and O–H groups in total. The highest BCUT2D eigenvalue weighted by Gasteiger charge is 2.13. The van der Waals surface area contributed by atoms with Gasteiger partial charge in [-0.1, -0.05) is 6.92 Å². The summed E-state index contributed by atoms with van der Waals surface area (Å²) in [5.74, 6) is 1.07. The van der Waals surface area contributed by atoms with Crippen molar-refractivity contribution < 1.29 is 18.3 Å². The molecule has 0 aromatic carbocycles. The van der Waals surface area contributed by atoms with E-state index in [0.717, 1.165) is 6.42 Å². The summed E-state index contributed by atoms with van der Waals surface area (Å²) in [7, 11) is 0. The van der Waals surface area contributed by atoms with Crippen LogP contribution >= 0.6 is 0 Å². The monoisotopic (exact) mass is 233 g/mol. The molecule has 92 valence electrons. The van der Waals surface area contributed by atoms with Crippen LogP contribution in [0.1, 0.15) is 24.9 Å².